The van der Waals surface area contributed by atoms with Gasteiger partial charge in [0.05, 0.1) is 39.9 Å². The van der Waals surface area contributed by atoms with E-state index >= 15 is 0 Å². The Balaban J connectivity index is 4.06. The first-order valence-electron chi connectivity index (χ1n) is 28.3. The molecule has 3 N–H and O–H groups in total. The summed E-state index contributed by atoms with van der Waals surface area (Å²) < 4.78 is 23.6. The second-order valence-corrected chi connectivity index (χ2v) is 21.7. The van der Waals surface area contributed by atoms with Gasteiger partial charge in [-0.1, -0.05) is 228 Å². The molecular weight excluding hydrogens is 864 g/mol. The van der Waals surface area contributed by atoms with Crippen LogP contribution in [0.3, 0.4) is 0 Å². The van der Waals surface area contributed by atoms with E-state index in [1.165, 1.54) is 161 Å². The van der Waals surface area contributed by atoms with Gasteiger partial charge in [0.2, 0.25) is 5.91 Å². The minimum absolute atomic E-state index is 0.0519. The first-order chi connectivity index (χ1) is 33.0. The van der Waals surface area contributed by atoms with E-state index in [0.717, 1.165) is 64.2 Å². The van der Waals surface area contributed by atoms with Gasteiger partial charge in [-0.3, -0.25) is 13.8 Å². The van der Waals surface area contributed by atoms with Crippen LogP contribution >= 0.6 is 7.82 Å². The van der Waals surface area contributed by atoms with Crippen LogP contribution in [0.2, 0.25) is 0 Å². The van der Waals surface area contributed by atoms with E-state index in [1.54, 1.807) is 6.08 Å². The minimum Gasteiger partial charge on any atom is -0.387 e. The van der Waals surface area contributed by atoms with E-state index in [2.05, 4.69) is 79.9 Å². The maximum Gasteiger partial charge on any atom is 0.472 e. The lowest BCUT2D eigenvalue weighted by Gasteiger charge is -2.25. The highest BCUT2D eigenvalue weighted by atomic mass is 31.2. The van der Waals surface area contributed by atoms with Gasteiger partial charge >= 0.3 is 7.82 Å². The molecule has 9 heteroatoms. The number of phosphoric acid groups is 1. The lowest BCUT2D eigenvalue weighted by atomic mass is 10.0. The van der Waals surface area contributed by atoms with E-state index in [4.69, 9.17) is 9.05 Å². The van der Waals surface area contributed by atoms with Gasteiger partial charge in [-0.15, -0.1) is 0 Å². The number of hydrogen-bond donors (Lipinski definition) is 3. The number of aliphatic hydroxyl groups excluding tert-OH is 1. The maximum absolute atomic E-state index is 12.9. The van der Waals surface area contributed by atoms with Crippen LogP contribution in [0.1, 0.15) is 245 Å². The molecule has 1 amide bonds. The maximum atomic E-state index is 12.9. The Morgan fingerprint density at radius 1 is 0.500 bits per heavy atom. The molecule has 0 saturated carbocycles. The van der Waals surface area contributed by atoms with Crippen molar-refractivity contribution in [2.75, 3.05) is 40.9 Å². The first kappa shape index (κ1) is 65.9. The van der Waals surface area contributed by atoms with Crippen molar-refractivity contribution in [3.05, 3.63) is 72.9 Å². The lowest BCUT2D eigenvalue weighted by Crippen LogP contribution is -2.45. The molecule has 0 aromatic heterocycles. The number of amides is 1. The van der Waals surface area contributed by atoms with Gasteiger partial charge in [0.25, 0.3) is 0 Å². The number of hydrogen-bond acceptors (Lipinski definition) is 5. The van der Waals surface area contributed by atoms with Crippen LogP contribution in [0.4, 0.5) is 0 Å². The Morgan fingerprint density at radius 2 is 0.853 bits per heavy atom. The van der Waals surface area contributed by atoms with Crippen LogP contribution in [0.5, 0.6) is 0 Å². The fourth-order valence-electron chi connectivity index (χ4n) is 7.90. The molecule has 68 heavy (non-hydrogen) atoms. The van der Waals surface area contributed by atoms with Gasteiger partial charge in [0.1, 0.15) is 13.2 Å². The predicted octanol–water partition coefficient (Wildman–Crippen LogP) is 17.1. The number of likely N-dealkylation sites (N-methyl/N-ethyl adjacent to an activating group) is 1. The summed E-state index contributed by atoms with van der Waals surface area (Å²) in [5.74, 6) is -0.192. The molecule has 0 spiro atoms. The van der Waals surface area contributed by atoms with E-state index in [-0.39, 0.29) is 19.1 Å². The third-order valence-electron chi connectivity index (χ3n) is 12.4. The van der Waals surface area contributed by atoms with E-state index in [0.29, 0.717) is 17.4 Å². The average Bonchev–Trinajstić information content (AvgIpc) is 3.30. The second-order valence-electron chi connectivity index (χ2n) is 20.3. The zero-order valence-corrected chi connectivity index (χ0v) is 46.0. The Morgan fingerprint density at radius 3 is 1.31 bits per heavy atom. The van der Waals surface area contributed by atoms with Gasteiger partial charge in [-0.05, 0) is 83.5 Å². The molecule has 3 atom stereocenters. The van der Waals surface area contributed by atoms with Crippen molar-refractivity contribution < 1.29 is 32.9 Å². The standard InChI is InChI=1S/C59H109N2O6P/c1-6-8-10-12-14-16-18-20-21-22-23-24-25-26-27-28-29-30-31-32-33-34-35-36-37-38-39-41-43-45-47-49-51-53-59(63)60-57(56-67-68(64,65)66-55-54-61(3,4)5)58(62)52-50-48-46-44-42-40-19-17-15-13-11-9-7-2/h15,17-18,20,22-23,25-26,42,44,50,52,57-58,62H,6-14,16,19,21,24,27-41,43,45-49,51,53-56H2,1-5H3,(H-,60,63,64,65)/p+1/b17-15+,20-18-,23-22-,26-25-,44-42+,52-50+. The highest BCUT2D eigenvalue weighted by molar-refractivity contribution is 7.47. The Bertz CT molecular complexity index is 1330. The minimum atomic E-state index is -4.36. The van der Waals surface area contributed by atoms with Crippen molar-refractivity contribution >= 4 is 13.7 Å². The van der Waals surface area contributed by atoms with Crippen LogP contribution in [0.25, 0.3) is 0 Å². The molecule has 0 aliphatic rings. The summed E-state index contributed by atoms with van der Waals surface area (Å²) in [5.41, 5.74) is 0. The summed E-state index contributed by atoms with van der Waals surface area (Å²) in [6.07, 6.45) is 68.7. The summed E-state index contributed by atoms with van der Waals surface area (Å²) in [7, 11) is 1.54. The van der Waals surface area contributed by atoms with Crippen molar-refractivity contribution in [1.82, 2.24) is 5.32 Å². The number of nitrogens with zero attached hydrogens (tertiary/aromatic N) is 1. The third kappa shape index (κ3) is 51.8. The van der Waals surface area contributed by atoms with Crippen LogP contribution in [-0.2, 0) is 18.4 Å². The number of carbonyl (C=O) groups is 1. The summed E-state index contributed by atoms with van der Waals surface area (Å²) in [6.45, 7) is 4.74. The largest absolute Gasteiger partial charge is 0.472 e. The Labute approximate surface area is 421 Å². The van der Waals surface area contributed by atoms with Crippen LogP contribution in [0, 0.1) is 0 Å². The molecule has 0 aliphatic heterocycles. The predicted molar refractivity (Wildman–Crippen MR) is 295 cm³/mol. The fraction of sp³-hybridized carbons (Fsp3) is 0.780. The Kier molecular flexibility index (Phi) is 48.4. The van der Waals surface area contributed by atoms with Gasteiger partial charge in [0.15, 0.2) is 0 Å². The highest BCUT2D eigenvalue weighted by Gasteiger charge is 2.27. The van der Waals surface area contributed by atoms with Crippen LogP contribution < -0.4 is 5.32 Å². The fourth-order valence-corrected chi connectivity index (χ4v) is 8.64. The quantitative estimate of drug-likeness (QED) is 0.0243. The van der Waals surface area contributed by atoms with Gasteiger partial charge in [-0.25, -0.2) is 4.57 Å². The number of phosphoric ester groups is 1. The number of quaternary nitrogens is 1. The average molecular weight is 975 g/mol. The normalized spacial score (nSPS) is 14.5. The van der Waals surface area contributed by atoms with Gasteiger partial charge in [-0.2, -0.15) is 0 Å². The lowest BCUT2D eigenvalue weighted by molar-refractivity contribution is -0.870. The van der Waals surface area contributed by atoms with Crippen molar-refractivity contribution in [1.29, 1.82) is 0 Å². The number of allylic oxidation sites excluding steroid dienone is 11. The summed E-state index contributed by atoms with van der Waals surface area (Å²) >= 11 is 0. The molecule has 396 valence electrons. The van der Waals surface area contributed by atoms with Crippen LogP contribution in [-0.4, -0.2) is 73.4 Å². The topological polar surface area (TPSA) is 105 Å². The molecule has 3 unspecified atom stereocenters. The molecule has 0 radical (unpaired) electrons. The number of carbonyl (C=O) groups excluding carboxylic acids is 1. The molecule has 0 aliphatic carbocycles. The zero-order valence-electron chi connectivity index (χ0n) is 45.1. The van der Waals surface area contributed by atoms with E-state index in [1.807, 2.05) is 27.2 Å². The zero-order chi connectivity index (χ0) is 49.9. The SMILES string of the molecule is CCCCC/C=C/CC/C=C/CC/C=C/C(O)C(COP(=O)(O)OCC[N+](C)(C)C)NC(=O)CCCCCCCCCCCCCCCCCCCC/C=C\C/C=C\C/C=C\CCCCCCC. The molecule has 8 nitrogen and oxygen atoms in total. The summed E-state index contributed by atoms with van der Waals surface area (Å²) in [6, 6.07) is -0.871. The van der Waals surface area contributed by atoms with Crippen molar-refractivity contribution in [3.63, 3.8) is 0 Å². The molecule has 0 aromatic rings. The molecule has 0 saturated heterocycles. The number of aliphatic hydroxyl groups is 1. The Hall–Kier alpha value is -2.06. The molecule has 0 fully saturated rings. The summed E-state index contributed by atoms with van der Waals surface area (Å²) in [4.78, 5) is 23.2. The monoisotopic (exact) mass is 974 g/mol. The number of unbranched alkanes of at least 4 members (excludes halogenated alkanes) is 28. The van der Waals surface area contributed by atoms with E-state index in [9.17, 15) is 19.4 Å². The highest BCUT2D eigenvalue weighted by Crippen LogP contribution is 2.43. The van der Waals surface area contributed by atoms with Gasteiger partial charge in [0, 0.05) is 6.42 Å². The molecule has 0 heterocycles. The van der Waals surface area contributed by atoms with Crippen molar-refractivity contribution in [3.8, 4) is 0 Å². The first-order valence-corrected chi connectivity index (χ1v) is 29.8. The number of rotatable bonds is 51. The van der Waals surface area contributed by atoms with Gasteiger partial charge < -0.3 is 19.8 Å². The third-order valence-corrected chi connectivity index (χ3v) is 13.4. The molecule has 0 rings (SSSR count). The van der Waals surface area contributed by atoms with Crippen molar-refractivity contribution in [2.24, 2.45) is 0 Å². The smallest absolute Gasteiger partial charge is 0.387 e. The molecular formula is C59H110N2O6P+. The van der Waals surface area contributed by atoms with Crippen LogP contribution in [0.15, 0.2) is 72.9 Å². The molecule has 0 aromatic carbocycles. The van der Waals surface area contributed by atoms with Crippen molar-refractivity contribution in [2.45, 2.75) is 257 Å². The second kappa shape index (κ2) is 49.9. The number of nitrogens with one attached hydrogen (secondary N) is 1. The van der Waals surface area contributed by atoms with E-state index < -0.39 is 20.0 Å². The molecule has 0 bridgehead atoms. The summed E-state index contributed by atoms with van der Waals surface area (Å²) in [5, 5.41) is 13.8.